The third kappa shape index (κ3) is 4.19. The van der Waals surface area contributed by atoms with E-state index in [1.54, 1.807) is 13.3 Å². The van der Waals surface area contributed by atoms with Crippen molar-refractivity contribution < 1.29 is 4.74 Å². The van der Waals surface area contributed by atoms with E-state index in [4.69, 9.17) is 17.0 Å². The zero-order valence-corrected chi connectivity index (χ0v) is 11.5. The van der Waals surface area contributed by atoms with E-state index in [0.717, 1.165) is 6.42 Å². The second-order valence-corrected chi connectivity index (χ2v) is 4.78. The first-order valence-corrected chi connectivity index (χ1v) is 5.97. The summed E-state index contributed by atoms with van der Waals surface area (Å²) in [6.45, 7) is 6.30. The quantitative estimate of drug-likeness (QED) is 0.808. The van der Waals surface area contributed by atoms with E-state index in [1.165, 1.54) is 0 Å². The lowest BCUT2D eigenvalue weighted by Gasteiger charge is -2.26. The fraction of sp³-hybridized carbons (Fsp3) is 0.500. The van der Waals surface area contributed by atoms with E-state index in [2.05, 4.69) is 36.4 Å². The molecule has 0 saturated heterocycles. The molecule has 0 aliphatic rings. The van der Waals surface area contributed by atoms with Crippen molar-refractivity contribution in [1.82, 2.24) is 10.3 Å². The third-order valence-corrected chi connectivity index (χ3v) is 2.76. The summed E-state index contributed by atoms with van der Waals surface area (Å²) >= 11 is 5.24. The Labute approximate surface area is 108 Å². The van der Waals surface area contributed by atoms with Crippen molar-refractivity contribution in [3.05, 3.63) is 18.3 Å². The summed E-state index contributed by atoms with van der Waals surface area (Å²) < 4.78 is 5.19. The Hall–Kier alpha value is -1.36. The summed E-state index contributed by atoms with van der Waals surface area (Å²) in [5, 5.41) is 6.82. The summed E-state index contributed by atoms with van der Waals surface area (Å²) in [6.07, 6.45) is 2.67. The van der Waals surface area contributed by atoms with Crippen LogP contribution in [0.4, 0.5) is 5.82 Å². The van der Waals surface area contributed by atoms with Crippen LogP contribution < -0.4 is 15.4 Å². The van der Waals surface area contributed by atoms with Crippen molar-refractivity contribution in [3.8, 4) is 5.75 Å². The highest BCUT2D eigenvalue weighted by Crippen LogP contribution is 2.20. The van der Waals surface area contributed by atoms with E-state index < -0.39 is 0 Å². The molecule has 0 aromatic carbocycles. The number of hydrogen-bond donors (Lipinski definition) is 2. The molecular formula is C12H19N3OS. The molecule has 0 saturated carbocycles. The topological polar surface area (TPSA) is 46.2 Å². The second-order valence-electron chi connectivity index (χ2n) is 4.37. The van der Waals surface area contributed by atoms with Crippen LogP contribution in [0, 0.1) is 0 Å². The normalized spacial score (nSPS) is 10.8. The SMILES string of the molecule is CCC(C)(C)NC(=S)Nc1ncccc1OC. The molecule has 1 heterocycles. The van der Waals surface area contributed by atoms with Crippen LogP contribution in [0.25, 0.3) is 0 Å². The minimum atomic E-state index is -0.0356. The molecule has 0 atom stereocenters. The molecular weight excluding hydrogens is 234 g/mol. The lowest BCUT2D eigenvalue weighted by atomic mass is 10.0. The van der Waals surface area contributed by atoms with Crippen LogP contribution >= 0.6 is 12.2 Å². The van der Waals surface area contributed by atoms with Crippen LogP contribution in [0.15, 0.2) is 18.3 Å². The first kappa shape index (κ1) is 13.7. The molecule has 0 aliphatic heterocycles. The van der Waals surface area contributed by atoms with Crippen molar-refractivity contribution >= 4 is 23.1 Å². The molecule has 0 aliphatic carbocycles. The van der Waals surface area contributed by atoms with Crippen molar-refractivity contribution in [2.24, 2.45) is 0 Å². The number of thiocarbonyl (C=S) groups is 1. The highest BCUT2D eigenvalue weighted by molar-refractivity contribution is 7.80. The Morgan fingerprint density at radius 3 is 2.82 bits per heavy atom. The van der Waals surface area contributed by atoms with Gasteiger partial charge >= 0.3 is 0 Å². The van der Waals surface area contributed by atoms with Crippen LogP contribution in [0.5, 0.6) is 5.75 Å². The number of nitrogens with one attached hydrogen (secondary N) is 2. The molecule has 5 heteroatoms. The summed E-state index contributed by atoms with van der Waals surface area (Å²) in [5.74, 6) is 1.30. The van der Waals surface area contributed by atoms with Crippen LogP contribution in [-0.4, -0.2) is 22.7 Å². The van der Waals surface area contributed by atoms with Crippen LogP contribution in [0.1, 0.15) is 27.2 Å². The number of nitrogens with zero attached hydrogens (tertiary/aromatic N) is 1. The van der Waals surface area contributed by atoms with Gasteiger partial charge in [0, 0.05) is 11.7 Å². The number of aromatic nitrogens is 1. The van der Waals surface area contributed by atoms with E-state index >= 15 is 0 Å². The zero-order chi connectivity index (χ0) is 12.9. The molecule has 0 fully saturated rings. The maximum atomic E-state index is 5.24. The largest absolute Gasteiger partial charge is 0.493 e. The molecule has 17 heavy (non-hydrogen) atoms. The van der Waals surface area contributed by atoms with Crippen molar-refractivity contribution in [3.63, 3.8) is 0 Å². The molecule has 0 unspecified atom stereocenters. The molecule has 1 aromatic rings. The number of hydrogen-bond acceptors (Lipinski definition) is 3. The average molecular weight is 253 g/mol. The fourth-order valence-corrected chi connectivity index (χ4v) is 1.56. The predicted octanol–water partition coefficient (Wildman–Crippen LogP) is 2.57. The van der Waals surface area contributed by atoms with Gasteiger partial charge in [-0.05, 0) is 44.6 Å². The fourth-order valence-electron chi connectivity index (χ4n) is 1.18. The highest BCUT2D eigenvalue weighted by Gasteiger charge is 2.16. The molecule has 1 aromatic heterocycles. The van der Waals surface area contributed by atoms with Gasteiger partial charge in [-0.1, -0.05) is 6.92 Å². The van der Waals surface area contributed by atoms with Crippen LogP contribution in [-0.2, 0) is 0 Å². The lowest BCUT2D eigenvalue weighted by Crippen LogP contribution is -2.45. The highest BCUT2D eigenvalue weighted by atomic mass is 32.1. The maximum Gasteiger partial charge on any atom is 0.174 e. The summed E-state index contributed by atoms with van der Waals surface area (Å²) in [4.78, 5) is 4.18. The molecule has 2 N–H and O–H groups in total. The standard InChI is InChI=1S/C12H19N3OS/c1-5-12(2,3)15-11(17)14-10-9(16-4)7-6-8-13-10/h6-8H,5H2,1-4H3,(H2,13,14,15,17). The number of pyridine rings is 1. The number of ether oxygens (including phenoxy) is 1. The van der Waals surface area contributed by atoms with Gasteiger partial charge in [0.25, 0.3) is 0 Å². The molecule has 0 bridgehead atoms. The first-order valence-electron chi connectivity index (χ1n) is 5.56. The summed E-state index contributed by atoms with van der Waals surface area (Å²) in [5.41, 5.74) is -0.0356. The monoisotopic (exact) mass is 253 g/mol. The van der Waals surface area contributed by atoms with Gasteiger partial charge in [0.15, 0.2) is 16.7 Å². The van der Waals surface area contributed by atoms with E-state index in [0.29, 0.717) is 16.7 Å². The van der Waals surface area contributed by atoms with Gasteiger partial charge in [-0.25, -0.2) is 4.98 Å². The van der Waals surface area contributed by atoms with Crippen LogP contribution in [0.2, 0.25) is 0 Å². The van der Waals surface area contributed by atoms with Crippen molar-refractivity contribution in [2.75, 3.05) is 12.4 Å². The summed E-state index contributed by atoms with van der Waals surface area (Å²) in [7, 11) is 1.61. The molecule has 0 amide bonds. The molecule has 94 valence electrons. The van der Waals surface area contributed by atoms with Gasteiger partial charge in [-0.2, -0.15) is 0 Å². The first-order chi connectivity index (χ1) is 7.98. The van der Waals surface area contributed by atoms with E-state index in [9.17, 15) is 0 Å². The van der Waals surface area contributed by atoms with Gasteiger partial charge in [0.05, 0.1) is 7.11 Å². The Kier molecular flexibility index (Phi) is 4.69. The van der Waals surface area contributed by atoms with Gasteiger partial charge in [0.2, 0.25) is 0 Å². The number of methoxy groups -OCH3 is 1. The Morgan fingerprint density at radius 1 is 1.53 bits per heavy atom. The minimum absolute atomic E-state index is 0.0356. The van der Waals surface area contributed by atoms with Gasteiger partial charge in [0.1, 0.15) is 0 Å². The molecule has 0 radical (unpaired) electrons. The molecule has 4 nitrogen and oxygen atoms in total. The molecule has 0 spiro atoms. The average Bonchev–Trinajstić information content (AvgIpc) is 2.29. The predicted molar refractivity (Wildman–Crippen MR) is 74.5 cm³/mol. The second kappa shape index (κ2) is 5.82. The zero-order valence-electron chi connectivity index (χ0n) is 10.7. The van der Waals surface area contributed by atoms with E-state index in [1.807, 2.05) is 12.1 Å². The van der Waals surface area contributed by atoms with Crippen molar-refractivity contribution in [1.29, 1.82) is 0 Å². The Balaban J connectivity index is 2.68. The smallest absolute Gasteiger partial charge is 0.174 e. The number of anilines is 1. The van der Waals surface area contributed by atoms with Gasteiger partial charge in [-0.3, -0.25) is 0 Å². The Bertz CT molecular complexity index is 393. The lowest BCUT2D eigenvalue weighted by molar-refractivity contribution is 0.415. The third-order valence-electron chi connectivity index (χ3n) is 2.56. The number of rotatable bonds is 4. The Morgan fingerprint density at radius 2 is 2.24 bits per heavy atom. The molecule has 1 rings (SSSR count). The summed E-state index contributed by atoms with van der Waals surface area (Å²) in [6, 6.07) is 3.65. The van der Waals surface area contributed by atoms with E-state index in [-0.39, 0.29) is 5.54 Å². The van der Waals surface area contributed by atoms with Crippen LogP contribution in [0.3, 0.4) is 0 Å². The minimum Gasteiger partial charge on any atom is -0.493 e. The van der Waals surface area contributed by atoms with Gasteiger partial charge in [-0.15, -0.1) is 0 Å². The van der Waals surface area contributed by atoms with Crippen molar-refractivity contribution in [2.45, 2.75) is 32.7 Å². The van der Waals surface area contributed by atoms with Gasteiger partial charge < -0.3 is 15.4 Å². The maximum absolute atomic E-state index is 5.24.